The zero-order valence-corrected chi connectivity index (χ0v) is 15.6. The Labute approximate surface area is 156 Å². The molecule has 27 heavy (non-hydrogen) atoms. The van der Waals surface area contributed by atoms with E-state index in [1.807, 2.05) is 0 Å². The van der Waals surface area contributed by atoms with Crippen LogP contribution >= 0.6 is 11.3 Å². The highest BCUT2D eigenvalue weighted by molar-refractivity contribution is 7.90. The van der Waals surface area contributed by atoms with E-state index >= 15 is 0 Å². The number of nitrogens with one attached hydrogen (secondary N) is 1. The summed E-state index contributed by atoms with van der Waals surface area (Å²) in [5.74, 6) is -3.13. The summed E-state index contributed by atoms with van der Waals surface area (Å²) in [6.45, 7) is 1.65. The lowest BCUT2D eigenvalue weighted by molar-refractivity contribution is -0.137. The molecule has 2 amide bonds. The van der Waals surface area contributed by atoms with Crippen LogP contribution in [0, 0.1) is 6.92 Å². The Balaban J connectivity index is 1.93. The molecule has 2 aromatic rings. The first kappa shape index (κ1) is 19.4. The van der Waals surface area contributed by atoms with Crippen molar-refractivity contribution < 1.29 is 31.2 Å². The minimum absolute atomic E-state index is 0.0618. The summed E-state index contributed by atoms with van der Waals surface area (Å²) >= 11 is 1.01. The first-order valence-corrected chi connectivity index (χ1v) is 9.80. The molecule has 1 aromatic carbocycles. The van der Waals surface area contributed by atoms with Gasteiger partial charge in [0.2, 0.25) is 5.91 Å². The molecule has 1 aliphatic rings. The van der Waals surface area contributed by atoms with E-state index < -0.39 is 39.5 Å². The molecular weight excluding hydrogens is 405 g/mol. The van der Waals surface area contributed by atoms with Crippen LogP contribution in [-0.4, -0.2) is 31.6 Å². The van der Waals surface area contributed by atoms with Crippen LogP contribution in [0.5, 0.6) is 0 Å². The van der Waals surface area contributed by atoms with Crippen molar-refractivity contribution in [2.45, 2.75) is 23.9 Å². The molecule has 0 bridgehead atoms. The molecule has 1 atom stereocenters. The standard InChI is InChI=1S/C16H13F3N2O4S2/c1-8-7-11-13(26-8)12(15(23)21(2)27(11,24)25)14(22)20-10-5-3-9(4-6-10)16(17,18)19/h3-7,12H,1-2H3,(H,20,22). The lowest BCUT2D eigenvalue weighted by Crippen LogP contribution is -2.45. The summed E-state index contributed by atoms with van der Waals surface area (Å²) in [7, 11) is -2.96. The molecule has 0 spiro atoms. The first-order chi connectivity index (χ1) is 12.4. The highest BCUT2D eigenvalue weighted by Gasteiger charge is 2.46. The average Bonchev–Trinajstić information content (AvgIpc) is 2.95. The summed E-state index contributed by atoms with van der Waals surface area (Å²) in [5, 5.41) is 2.38. The van der Waals surface area contributed by atoms with Gasteiger partial charge in [0, 0.05) is 22.5 Å². The third kappa shape index (κ3) is 3.32. The third-order valence-corrected chi connectivity index (χ3v) is 7.09. The van der Waals surface area contributed by atoms with Gasteiger partial charge in [-0.3, -0.25) is 9.59 Å². The Hall–Kier alpha value is -2.40. The van der Waals surface area contributed by atoms with Crippen molar-refractivity contribution in [1.82, 2.24) is 4.31 Å². The van der Waals surface area contributed by atoms with Crippen LogP contribution in [0.4, 0.5) is 18.9 Å². The van der Waals surface area contributed by atoms with Gasteiger partial charge in [0.05, 0.1) is 5.56 Å². The molecule has 1 N–H and O–H groups in total. The molecule has 1 aliphatic heterocycles. The third-order valence-electron chi connectivity index (χ3n) is 4.05. The fraction of sp³-hybridized carbons (Fsp3) is 0.250. The maximum absolute atomic E-state index is 12.6. The number of carbonyl (C=O) groups is 2. The molecule has 144 valence electrons. The largest absolute Gasteiger partial charge is 0.416 e. The Morgan fingerprint density at radius 1 is 1.22 bits per heavy atom. The predicted molar refractivity (Wildman–Crippen MR) is 91.8 cm³/mol. The summed E-state index contributed by atoms with van der Waals surface area (Å²) < 4.78 is 63.1. The van der Waals surface area contributed by atoms with Crippen LogP contribution < -0.4 is 5.32 Å². The van der Waals surface area contributed by atoms with Crippen LogP contribution in [0.3, 0.4) is 0 Å². The summed E-state index contributed by atoms with van der Waals surface area (Å²) in [6, 6.07) is 5.12. The number of benzene rings is 1. The molecule has 0 saturated carbocycles. The van der Waals surface area contributed by atoms with Crippen molar-refractivity contribution >= 4 is 38.9 Å². The molecular formula is C16H13F3N2O4S2. The minimum Gasteiger partial charge on any atom is -0.325 e. The highest BCUT2D eigenvalue weighted by atomic mass is 32.2. The second-order valence-corrected chi connectivity index (χ2v) is 9.12. The molecule has 0 fully saturated rings. The van der Waals surface area contributed by atoms with E-state index in [9.17, 15) is 31.2 Å². The van der Waals surface area contributed by atoms with Crippen LogP contribution in [0.1, 0.15) is 21.2 Å². The summed E-state index contributed by atoms with van der Waals surface area (Å²) in [5.41, 5.74) is -0.817. The van der Waals surface area contributed by atoms with Gasteiger partial charge in [0.1, 0.15) is 4.90 Å². The van der Waals surface area contributed by atoms with Crippen LogP contribution in [0.2, 0.25) is 0 Å². The Bertz CT molecular complexity index is 1030. The number of halogens is 3. The normalized spacial score (nSPS) is 18.9. The Morgan fingerprint density at radius 3 is 2.37 bits per heavy atom. The maximum atomic E-state index is 12.6. The van der Waals surface area contributed by atoms with Crippen molar-refractivity contribution in [3.63, 3.8) is 0 Å². The van der Waals surface area contributed by atoms with Gasteiger partial charge in [-0.15, -0.1) is 11.3 Å². The van der Waals surface area contributed by atoms with E-state index in [1.54, 1.807) is 6.92 Å². The zero-order valence-electron chi connectivity index (χ0n) is 14.0. The van der Waals surface area contributed by atoms with Gasteiger partial charge < -0.3 is 5.32 Å². The van der Waals surface area contributed by atoms with E-state index in [0.717, 1.165) is 42.6 Å². The molecule has 1 aromatic heterocycles. The predicted octanol–water partition coefficient (Wildman–Crippen LogP) is 2.96. The van der Waals surface area contributed by atoms with E-state index in [0.29, 0.717) is 9.18 Å². The second kappa shape index (κ2) is 6.34. The number of likely N-dealkylation sites (N-methyl/N-ethyl adjacent to an activating group) is 1. The van der Waals surface area contributed by atoms with Crippen molar-refractivity contribution in [2.24, 2.45) is 0 Å². The maximum Gasteiger partial charge on any atom is 0.416 e. The number of sulfonamides is 1. The number of amides is 2. The Kier molecular flexibility index (Phi) is 4.55. The van der Waals surface area contributed by atoms with Gasteiger partial charge in [0.15, 0.2) is 5.92 Å². The van der Waals surface area contributed by atoms with Gasteiger partial charge in [-0.05, 0) is 37.3 Å². The quantitative estimate of drug-likeness (QED) is 0.760. The number of hydrogen-bond acceptors (Lipinski definition) is 5. The number of fused-ring (bicyclic) bond motifs is 1. The van der Waals surface area contributed by atoms with Crippen LogP contribution in [0.15, 0.2) is 35.2 Å². The van der Waals surface area contributed by atoms with Crippen molar-refractivity contribution in [1.29, 1.82) is 0 Å². The van der Waals surface area contributed by atoms with Gasteiger partial charge in [-0.25, -0.2) is 12.7 Å². The Morgan fingerprint density at radius 2 is 1.81 bits per heavy atom. The second-order valence-electron chi connectivity index (χ2n) is 5.89. The number of nitrogens with zero attached hydrogens (tertiary/aromatic N) is 1. The van der Waals surface area contributed by atoms with Crippen LogP contribution in [-0.2, 0) is 25.8 Å². The smallest absolute Gasteiger partial charge is 0.325 e. The fourth-order valence-corrected chi connectivity index (χ4v) is 5.52. The van der Waals surface area contributed by atoms with Crippen LogP contribution in [0.25, 0.3) is 0 Å². The number of alkyl halides is 3. The molecule has 3 rings (SSSR count). The van der Waals surface area contributed by atoms with Gasteiger partial charge in [-0.1, -0.05) is 0 Å². The van der Waals surface area contributed by atoms with Gasteiger partial charge in [-0.2, -0.15) is 13.2 Å². The van der Waals surface area contributed by atoms with Gasteiger partial charge in [0.25, 0.3) is 15.9 Å². The van der Waals surface area contributed by atoms with E-state index in [4.69, 9.17) is 0 Å². The monoisotopic (exact) mass is 418 g/mol. The van der Waals surface area contributed by atoms with Crippen molar-refractivity contribution in [3.8, 4) is 0 Å². The zero-order chi connectivity index (χ0) is 20.1. The molecule has 2 heterocycles. The molecule has 0 radical (unpaired) electrons. The fourth-order valence-electron chi connectivity index (χ4n) is 2.66. The highest BCUT2D eigenvalue weighted by Crippen LogP contribution is 2.40. The minimum atomic E-state index is -4.51. The van der Waals surface area contributed by atoms with Gasteiger partial charge >= 0.3 is 6.18 Å². The molecule has 11 heteroatoms. The number of rotatable bonds is 2. The first-order valence-electron chi connectivity index (χ1n) is 7.54. The van der Waals surface area contributed by atoms with E-state index in [-0.39, 0.29) is 15.5 Å². The van der Waals surface area contributed by atoms with E-state index in [2.05, 4.69) is 5.32 Å². The number of aryl methyl sites for hydroxylation is 1. The topological polar surface area (TPSA) is 83.6 Å². The molecule has 6 nitrogen and oxygen atoms in total. The summed E-state index contributed by atoms with van der Waals surface area (Å²) in [6.07, 6.45) is -4.51. The number of thiophene rings is 1. The summed E-state index contributed by atoms with van der Waals surface area (Å²) in [4.78, 5) is 25.7. The molecule has 0 aliphatic carbocycles. The lowest BCUT2D eigenvalue weighted by Gasteiger charge is -2.28. The lowest BCUT2D eigenvalue weighted by atomic mass is 10.0. The van der Waals surface area contributed by atoms with Crippen molar-refractivity contribution in [3.05, 3.63) is 45.6 Å². The SMILES string of the molecule is Cc1cc2c(s1)C(C(=O)Nc1ccc(C(F)(F)F)cc1)C(=O)N(C)S2(=O)=O. The number of anilines is 1. The number of hydrogen-bond donors (Lipinski definition) is 1. The van der Waals surface area contributed by atoms with E-state index in [1.165, 1.54) is 6.07 Å². The molecule has 1 unspecified atom stereocenters. The number of carbonyl (C=O) groups excluding carboxylic acids is 2. The molecule has 0 saturated heterocycles. The average molecular weight is 418 g/mol. The van der Waals surface area contributed by atoms with Crippen molar-refractivity contribution in [2.75, 3.05) is 12.4 Å².